The molecule has 1 saturated heterocycles. The minimum absolute atomic E-state index is 0.278. The van der Waals surface area contributed by atoms with Crippen molar-refractivity contribution in [3.63, 3.8) is 0 Å². The zero-order valence-electron chi connectivity index (χ0n) is 12.0. The maximum absolute atomic E-state index is 11.4. The molecule has 4 nitrogen and oxygen atoms in total. The quantitative estimate of drug-likeness (QED) is 0.818. The standard InChI is InChI=1S/C15H21NO3S/c1-16-9-4-5-11(16)8-10-19-12-6-3-7-13(20-2)14(12)15(17)18/h3,6-7,11H,4-5,8-10H2,1-2H3,(H,17,18). The fourth-order valence-electron chi connectivity index (χ4n) is 2.66. The fraction of sp³-hybridized carbons (Fsp3) is 0.533. The van der Waals surface area contributed by atoms with Crippen LogP contribution in [0.5, 0.6) is 5.75 Å². The van der Waals surface area contributed by atoms with Crippen molar-refractivity contribution in [3.05, 3.63) is 23.8 Å². The van der Waals surface area contributed by atoms with Crippen LogP contribution in [-0.4, -0.2) is 48.5 Å². The molecule has 110 valence electrons. The van der Waals surface area contributed by atoms with E-state index in [9.17, 15) is 9.90 Å². The minimum Gasteiger partial charge on any atom is -0.493 e. The number of aromatic carboxylic acids is 1. The highest BCUT2D eigenvalue weighted by Gasteiger charge is 2.21. The van der Waals surface area contributed by atoms with Crippen LogP contribution in [-0.2, 0) is 0 Å². The summed E-state index contributed by atoms with van der Waals surface area (Å²) in [6.45, 7) is 1.71. The molecule has 1 aromatic rings. The summed E-state index contributed by atoms with van der Waals surface area (Å²) in [6.07, 6.45) is 5.26. The summed E-state index contributed by atoms with van der Waals surface area (Å²) < 4.78 is 5.73. The number of likely N-dealkylation sites (tertiary alicyclic amines) is 1. The number of carboxylic acids is 1. The molecule has 1 heterocycles. The molecule has 1 N–H and O–H groups in total. The number of hydrogen-bond donors (Lipinski definition) is 1. The Morgan fingerprint density at radius 1 is 1.55 bits per heavy atom. The first-order chi connectivity index (χ1) is 9.63. The molecule has 1 aromatic carbocycles. The summed E-state index contributed by atoms with van der Waals surface area (Å²) in [5, 5.41) is 9.33. The Bertz CT molecular complexity index is 478. The topological polar surface area (TPSA) is 49.8 Å². The Labute approximate surface area is 124 Å². The normalized spacial score (nSPS) is 19.2. The number of thioether (sulfide) groups is 1. The average molecular weight is 295 g/mol. The predicted octanol–water partition coefficient (Wildman–Crippen LogP) is 2.97. The molecule has 0 amide bonds. The smallest absolute Gasteiger partial charge is 0.340 e. The van der Waals surface area contributed by atoms with Crippen molar-refractivity contribution in [3.8, 4) is 5.75 Å². The van der Waals surface area contributed by atoms with Crippen LogP contribution in [0.25, 0.3) is 0 Å². The number of hydrogen-bond acceptors (Lipinski definition) is 4. The van der Waals surface area contributed by atoms with Crippen molar-refractivity contribution in [2.75, 3.05) is 26.5 Å². The lowest BCUT2D eigenvalue weighted by Gasteiger charge is -2.19. The van der Waals surface area contributed by atoms with E-state index in [0.29, 0.717) is 18.4 Å². The van der Waals surface area contributed by atoms with Crippen molar-refractivity contribution in [2.24, 2.45) is 0 Å². The molecular weight excluding hydrogens is 274 g/mol. The number of carbonyl (C=O) groups is 1. The average Bonchev–Trinajstić information content (AvgIpc) is 2.84. The van der Waals surface area contributed by atoms with Crippen LogP contribution in [0.3, 0.4) is 0 Å². The molecule has 1 atom stereocenters. The highest BCUT2D eigenvalue weighted by atomic mass is 32.2. The van der Waals surface area contributed by atoms with E-state index < -0.39 is 5.97 Å². The molecule has 1 aliphatic rings. The summed E-state index contributed by atoms with van der Waals surface area (Å²) in [6, 6.07) is 5.95. The van der Waals surface area contributed by atoms with Crippen LogP contribution >= 0.6 is 11.8 Å². The lowest BCUT2D eigenvalue weighted by atomic mass is 10.1. The fourth-order valence-corrected chi connectivity index (χ4v) is 3.27. The summed E-state index contributed by atoms with van der Waals surface area (Å²) >= 11 is 1.43. The number of nitrogens with zero attached hydrogens (tertiary/aromatic N) is 1. The molecule has 1 aliphatic heterocycles. The Hall–Kier alpha value is -1.20. The number of carboxylic acid groups (broad SMARTS) is 1. The van der Waals surface area contributed by atoms with Gasteiger partial charge < -0.3 is 14.7 Å². The van der Waals surface area contributed by atoms with E-state index >= 15 is 0 Å². The van der Waals surface area contributed by atoms with Gasteiger partial charge in [0.2, 0.25) is 0 Å². The molecule has 1 unspecified atom stereocenters. The van der Waals surface area contributed by atoms with Gasteiger partial charge in [-0.1, -0.05) is 6.07 Å². The van der Waals surface area contributed by atoms with E-state index in [1.807, 2.05) is 18.4 Å². The van der Waals surface area contributed by atoms with Gasteiger partial charge in [-0.05, 0) is 51.2 Å². The second-order valence-electron chi connectivity index (χ2n) is 5.05. The lowest BCUT2D eigenvalue weighted by Crippen LogP contribution is -2.26. The Morgan fingerprint density at radius 2 is 2.35 bits per heavy atom. The van der Waals surface area contributed by atoms with Gasteiger partial charge >= 0.3 is 5.97 Å². The van der Waals surface area contributed by atoms with Crippen molar-refractivity contribution < 1.29 is 14.6 Å². The lowest BCUT2D eigenvalue weighted by molar-refractivity contribution is 0.0687. The number of benzene rings is 1. The van der Waals surface area contributed by atoms with Crippen molar-refractivity contribution in [2.45, 2.75) is 30.2 Å². The molecule has 0 radical (unpaired) electrons. The number of ether oxygens (including phenoxy) is 1. The maximum atomic E-state index is 11.4. The summed E-state index contributed by atoms with van der Waals surface area (Å²) in [4.78, 5) is 14.5. The largest absolute Gasteiger partial charge is 0.493 e. The zero-order valence-corrected chi connectivity index (χ0v) is 12.8. The third-order valence-electron chi connectivity index (χ3n) is 3.80. The first-order valence-corrected chi connectivity index (χ1v) is 8.09. The van der Waals surface area contributed by atoms with Gasteiger partial charge in [-0.15, -0.1) is 11.8 Å². The van der Waals surface area contributed by atoms with Gasteiger partial charge in [0.1, 0.15) is 11.3 Å². The van der Waals surface area contributed by atoms with Gasteiger partial charge in [0.15, 0.2) is 0 Å². The van der Waals surface area contributed by atoms with E-state index in [4.69, 9.17) is 4.74 Å². The van der Waals surface area contributed by atoms with E-state index in [1.165, 1.54) is 24.6 Å². The van der Waals surface area contributed by atoms with Gasteiger partial charge in [-0.3, -0.25) is 0 Å². The highest BCUT2D eigenvalue weighted by molar-refractivity contribution is 7.98. The molecule has 20 heavy (non-hydrogen) atoms. The van der Waals surface area contributed by atoms with Crippen LogP contribution in [0, 0.1) is 0 Å². The molecule has 0 aromatic heterocycles. The monoisotopic (exact) mass is 295 g/mol. The van der Waals surface area contributed by atoms with E-state index in [2.05, 4.69) is 11.9 Å². The Balaban J connectivity index is 2.00. The van der Waals surface area contributed by atoms with Gasteiger partial charge in [0.05, 0.1) is 6.61 Å². The van der Waals surface area contributed by atoms with Gasteiger partial charge in [-0.25, -0.2) is 4.79 Å². The minimum atomic E-state index is -0.928. The van der Waals surface area contributed by atoms with Gasteiger partial charge in [0, 0.05) is 10.9 Å². The van der Waals surface area contributed by atoms with Gasteiger partial charge in [0.25, 0.3) is 0 Å². The Morgan fingerprint density at radius 3 is 2.95 bits per heavy atom. The first kappa shape index (κ1) is 15.2. The van der Waals surface area contributed by atoms with Crippen LogP contribution in [0.15, 0.2) is 23.1 Å². The first-order valence-electron chi connectivity index (χ1n) is 6.87. The zero-order chi connectivity index (χ0) is 14.5. The van der Waals surface area contributed by atoms with Crippen molar-refractivity contribution in [1.29, 1.82) is 0 Å². The van der Waals surface area contributed by atoms with Crippen LogP contribution in [0.4, 0.5) is 0 Å². The van der Waals surface area contributed by atoms with Crippen molar-refractivity contribution in [1.82, 2.24) is 4.90 Å². The van der Waals surface area contributed by atoms with Crippen molar-refractivity contribution >= 4 is 17.7 Å². The third kappa shape index (κ3) is 3.46. The van der Waals surface area contributed by atoms with E-state index in [-0.39, 0.29) is 5.56 Å². The summed E-state index contributed by atoms with van der Waals surface area (Å²) in [5.74, 6) is -0.451. The summed E-state index contributed by atoms with van der Waals surface area (Å²) in [7, 11) is 2.13. The van der Waals surface area contributed by atoms with Crippen LogP contribution < -0.4 is 4.74 Å². The predicted molar refractivity (Wildman–Crippen MR) is 80.9 cm³/mol. The molecular formula is C15H21NO3S. The number of rotatable bonds is 6. The highest BCUT2D eigenvalue weighted by Crippen LogP contribution is 2.29. The van der Waals surface area contributed by atoms with E-state index in [0.717, 1.165) is 17.9 Å². The maximum Gasteiger partial charge on any atom is 0.340 e. The van der Waals surface area contributed by atoms with Crippen LogP contribution in [0.1, 0.15) is 29.6 Å². The molecule has 5 heteroatoms. The second kappa shape index (κ2) is 6.99. The molecule has 1 fully saturated rings. The second-order valence-corrected chi connectivity index (χ2v) is 5.90. The molecule has 2 rings (SSSR count). The SMILES string of the molecule is CSc1cccc(OCCC2CCCN2C)c1C(=O)O. The van der Waals surface area contributed by atoms with Crippen LogP contribution in [0.2, 0.25) is 0 Å². The van der Waals surface area contributed by atoms with E-state index in [1.54, 1.807) is 6.07 Å². The molecule has 0 spiro atoms. The molecule has 0 bridgehead atoms. The third-order valence-corrected chi connectivity index (χ3v) is 4.58. The Kier molecular flexibility index (Phi) is 5.31. The summed E-state index contributed by atoms with van der Waals surface area (Å²) in [5.41, 5.74) is 0.278. The van der Waals surface area contributed by atoms with Gasteiger partial charge in [-0.2, -0.15) is 0 Å². The molecule has 0 saturated carbocycles. The molecule has 0 aliphatic carbocycles.